The van der Waals surface area contributed by atoms with Gasteiger partial charge < -0.3 is 4.57 Å². The number of hydrogen-bond donors (Lipinski definition) is 0. The molecule has 2 heterocycles. The smallest absolute Gasteiger partial charge is 0.0515 e. The van der Waals surface area contributed by atoms with Crippen LogP contribution in [0.1, 0.15) is 17.7 Å². The van der Waals surface area contributed by atoms with Crippen molar-refractivity contribution in [3.05, 3.63) is 33.9 Å². The van der Waals surface area contributed by atoms with Gasteiger partial charge in [-0.05, 0) is 43.5 Å². The molecule has 0 N–H and O–H groups in total. The summed E-state index contributed by atoms with van der Waals surface area (Å²) in [6, 6.07) is 6.76. The summed E-state index contributed by atoms with van der Waals surface area (Å²) in [6.07, 6.45) is 2.49. The van der Waals surface area contributed by atoms with Crippen LogP contribution in [0.3, 0.4) is 0 Å². The van der Waals surface area contributed by atoms with E-state index >= 15 is 0 Å². The summed E-state index contributed by atoms with van der Waals surface area (Å²) in [5.74, 6) is 0. The second-order valence-electron chi connectivity index (χ2n) is 4.04. The molecule has 0 atom stereocenters. The van der Waals surface area contributed by atoms with Gasteiger partial charge in [0.2, 0.25) is 0 Å². The Morgan fingerprint density at radius 3 is 3.00 bits per heavy atom. The molecule has 0 aliphatic carbocycles. The van der Waals surface area contributed by atoms with Crippen LogP contribution in [-0.2, 0) is 13.0 Å². The number of halogens is 1. The molecule has 2 heteroatoms. The van der Waals surface area contributed by atoms with Crippen molar-refractivity contribution in [2.24, 2.45) is 0 Å². The van der Waals surface area contributed by atoms with Crippen LogP contribution in [0.4, 0.5) is 0 Å². The van der Waals surface area contributed by atoms with E-state index in [1.54, 1.807) is 0 Å². The highest BCUT2D eigenvalue weighted by Gasteiger charge is 2.14. The number of nitrogens with zero attached hydrogens (tertiary/aromatic N) is 1. The predicted molar refractivity (Wildman–Crippen MR) is 62.7 cm³/mol. The lowest BCUT2D eigenvalue weighted by Gasteiger charge is -2.17. The molecule has 0 unspecified atom stereocenters. The van der Waals surface area contributed by atoms with Crippen molar-refractivity contribution >= 4 is 26.8 Å². The lowest BCUT2D eigenvalue weighted by Crippen LogP contribution is -2.08. The third-order valence-corrected chi connectivity index (χ3v) is 3.53. The number of rotatable bonds is 0. The summed E-state index contributed by atoms with van der Waals surface area (Å²) < 4.78 is 3.65. The molecule has 14 heavy (non-hydrogen) atoms. The predicted octanol–water partition coefficient (Wildman–Crippen LogP) is 3.66. The van der Waals surface area contributed by atoms with Crippen LogP contribution in [0.5, 0.6) is 0 Å². The Balaban J connectivity index is 2.48. The van der Waals surface area contributed by atoms with E-state index in [0.29, 0.717) is 0 Å². The molecule has 72 valence electrons. The van der Waals surface area contributed by atoms with E-state index < -0.39 is 0 Å². The van der Waals surface area contributed by atoms with Gasteiger partial charge in [0.25, 0.3) is 0 Å². The maximum atomic E-state index is 3.57. The molecule has 1 aromatic carbocycles. The third-order valence-electron chi connectivity index (χ3n) is 3.07. The van der Waals surface area contributed by atoms with Gasteiger partial charge >= 0.3 is 0 Å². The molecule has 1 aliphatic rings. The molecule has 0 radical (unpaired) electrons. The molecular formula is C12H12BrN. The highest BCUT2D eigenvalue weighted by Crippen LogP contribution is 2.31. The van der Waals surface area contributed by atoms with Crippen LogP contribution < -0.4 is 0 Å². The van der Waals surface area contributed by atoms with Gasteiger partial charge in [0.05, 0.1) is 5.52 Å². The molecule has 0 bridgehead atoms. The average Bonchev–Trinajstić information content (AvgIpc) is 2.45. The molecule has 1 nitrogen and oxygen atoms in total. The molecule has 0 saturated carbocycles. The van der Waals surface area contributed by atoms with Crippen molar-refractivity contribution in [1.29, 1.82) is 0 Å². The van der Waals surface area contributed by atoms with Crippen LogP contribution in [0.25, 0.3) is 10.9 Å². The molecule has 3 rings (SSSR count). The quantitative estimate of drug-likeness (QED) is 0.672. The maximum absolute atomic E-state index is 3.57. The first kappa shape index (κ1) is 8.54. The van der Waals surface area contributed by atoms with Gasteiger partial charge in [-0.25, -0.2) is 0 Å². The van der Waals surface area contributed by atoms with Crippen molar-refractivity contribution in [3.8, 4) is 0 Å². The van der Waals surface area contributed by atoms with Gasteiger partial charge in [0, 0.05) is 22.1 Å². The van der Waals surface area contributed by atoms with E-state index in [2.05, 4.69) is 45.6 Å². The Morgan fingerprint density at radius 1 is 1.29 bits per heavy atom. The number of aromatic nitrogens is 1. The number of aryl methyl sites for hydroxylation is 3. The Kier molecular flexibility index (Phi) is 1.75. The summed E-state index contributed by atoms with van der Waals surface area (Å²) in [5, 5.41) is 1.38. The molecule has 0 saturated heterocycles. The summed E-state index contributed by atoms with van der Waals surface area (Å²) in [7, 11) is 0. The van der Waals surface area contributed by atoms with Crippen molar-refractivity contribution in [2.75, 3.05) is 0 Å². The van der Waals surface area contributed by atoms with E-state index in [-0.39, 0.29) is 0 Å². The zero-order chi connectivity index (χ0) is 9.71. The first-order chi connectivity index (χ1) is 6.75. The first-order valence-corrected chi connectivity index (χ1v) is 5.83. The molecule has 1 aromatic heterocycles. The summed E-state index contributed by atoms with van der Waals surface area (Å²) >= 11 is 3.57. The van der Waals surface area contributed by atoms with Crippen molar-refractivity contribution < 1.29 is 0 Å². The van der Waals surface area contributed by atoms with Crippen LogP contribution in [0, 0.1) is 6.92 Å². The largest absolute Gasteiger partial charge is 0.345 e. The SMILES string of the molecule is Cc1cc2cc(Br)cc3c2n1CCC3. The molecule has 1 aliphatic heterocycles. The minimum Gasteiger partial charge on any atom is -0.345 e. The summed E-state index contributed by atoms with van der Waals surface area (Å²) in [6.45, 7) is 3.38. The summed E-state index contributed by atoms with van der Waals surface area (Å²) in [5.41, 5.74) is 4.34. The fourth-order valence-electron chi connectivity index (χ4n) is 2.50. The van der Waals surface area contributed by atoms with Gasteiger partial charge in [0.1, 0.15) is 0 Å². The topological polar surface area (TPSA) is 4.93 Å². The lowest BCUT2D eigenvalue weighted by atomic mass is 10.0. The Bertz CT molecular complexity index is 511. The zero-order valence-electron chi connectivity index (χ0n) is 8.18. The first-order valence-electron chi connectivity index (χ1n) is 5.04. The Labute approximate surface area is 91.9 Å². The van der Waals surface area contributed by atoms with Crippen LogP contribution >= 0.6 is 15.9 Å². The molecule has 0 amide bonds. The van der Waals surface area contributed by atoms with E-state index in [9.17, 15) is 0 Å². The standard InChI is InChI=1S/C12H12BrN/c1-8-5-10-7-11(13)6-9-3-2-4-14(8)12(9)10/h5-7H,2-4H2,1H3. The van der Waals surface area contributed by atoms with Crippen molar-refractivity contribution in [2.45, 2.75) is 26.3 Å². The molecular weight excluding hydrogens is 238 g/mol. The van der Waals surface area contributed by atoms with Crippen molar-refractivity contribution in [3.63, 3.8) is 0 Å². The highest BCUT2D eigenvalue weighted by molar-refractivity contribution is 9.10. The van der Waals surface area contributed by atoms with E-state index in [4.69, 9.17) is 0 Å². The number of benzene rings is 1. The van der Waals surface area contributed by atoms with Gasteiger partial charge in [-0.15, -0.1) is 0 Å². The fourth-order valence-corrected chi connectivity index (χ4v) is 3.03. The minimum absolute atomic E-state index is 1.18. The minimum atomic E-state index is 1.18. The van der Waals surface area contributed by atoms with Gasteiger partial charge in [0.15, 0.2) is 0 Å². The van der Waals surface area contributed by atoms with Crippen LogP contribution in [0.15, 0.2) is 22.7 Å². The lowest BCUT2D eigenvalue weighted by molar-refractivity contribution is 0.623. The fraction of sp³-hybridized carbons (Fsp3) is 0.333. The van der Waals surface area contributed by atoms with E-state index in [0.717, 1.165) is 0 Å². The maximum Gasteiger partial charge on any atom is 0.0515 e. The second kappa shape index (κ2) is 2.86. The average molecular weight is 250 g/mol. The highest BCUT2D eigenvalue weighted by atomic mass is 79.9. The normalized spacial score (nSPS) is 15.0. The summed E-state index contributed by atoms with van der Waals surface area (Å²) in [4.78, 5) is 0. The van der Waals surface area contributed by atoms with Crippen molar-refractivity contribution in [1.82, 2.24) is 4.57 Å². The molecule has 0 spiro atoms. The zero-order valence-corrected chi connectivity index (χ0v) is 9.76. The second-order valence-corrected chi connectivity index (χ2v) is 4.96. The monoisotopic (exact) mass is 249 g/mol. The molecule has 2 aromatic rings. The Hall–Kier alpha value is -0.760. The van der Waals surface area contributed by atoms with Gasteiger partial charge in [-0.1, -0.05) is 15.9 Å². The van der Waals surface area contributed by atoms with Crippen LogP contribution in [-0.4, -0.2) is 4.57 Å². The Morgan fingerprint density at radius 2 is 2.14 bits per heavy atom. The number of hydrogen-bond acceptors (Lipinski definition) is 0. The van der Waals surface area contributed by atoms with E-state index in [1.807, 2.05) is 0 Å². The van der Waals surface area contributed by atoms with Crippen LogP contribution in [0.2, 0.25) is 0 Å². The van der Waals surface area contributed by atoms with Gasteiger partial charge in [-0.3, -0.25) is 0 Å². The molecule has 0 fully saturated rings. The van der Waals surface area contributed by atoms with Gasteiger partial charge in [-0.2, -0.15) is 0 Å². The van der Waals surface area contributed by atoms with E-state index in [1.165, 1.54) is 46.0 Å². The third kappa shape index (κ3) is 1.07.